The van der Waals surface area contributed by atoms with Crippen molar-refractivity contribution in [3.05, 3.63) is 11.6 Å². The van der Waals surface area contributed by atoms with E-state index in [2.05, 4.69) is 20.5 Å². The molecular weight excluding hydrogens is 220 g/mol. The quantitative estimate of drug-likeness (QED) is 0.670. The van der Waals surface area contributed by atoms with E-state index in [-0.39, 0.29) is 24.3 Å². The molecule has 1 atom stereocenters. The van der Waals surface area contributed by atoms with E-state index in [4.69, 9.17) is 5.11 Å². The predicted octanol–water partition coefficient (Wildman–Crippen LogP) is 0.430. The first kappa shape index (κ1) is 12.0. The summed E-state index contributed by atoms with van der Waals surface area (Å²) in [7, 11) is 0. The highest BCUT2D eigenvalue weighted by Gasteiger charge is 2.28. The summed E-state index contributed by atoms with van der Waals surface area (Å²) in [6.07, 6.45) is 2.94. The fourth-order valence-electron chi connectivity index (χ4n) is 1.58. The molecule has 3 N–H and O–H groups in total. The number of H-pyrrole nitrogens is 1. The van der Waals surface area contributed by atoms with Crippen LogP contribution >= 0.6 is 0 Å². The zero-order valence-corrected chi connectivity index (χ0v) is 9.94. The van der Waals surface area contributed by atoms with Crippen molar-refractivity contribution >= 4 is 5.91 Å². The van der Waals surface area contributed by atoms with Gasteiger partial charge in [0.15, 0.2) is 0 Å². The summed E-state index contributed by atoms with van der Waals surface area (Å²) in [4.78, 5) is 15.9. The Morgan fingerprint density at radius 1 is 1.65 bits per heavy atom. The van der Waals surface area contributed by atoms with Gasteiger partial charge in [-0.25, -0.2) is 4.98 Å². The predicted molar refractivity (Wildman–Crippen MR) is 61.6 cm³/mol. The lowest BCUT2D eigenvalue weighted by Gasteiger charge is -2.09. The largest absolute Gasteiger partial charge is 0.396 e. The molecule has 6 heteroatoms. The summed E-state index contributed by atoms with van der Waals surface area (Å²) in [6, 6.07) is 0. The Hall–Kier alpha value is -1.43. The van der Waals surface area contributed by atoms with Gasteiger partial charge in [-0.05, 0) is 25.2 Å². The maximum Gasteiger partial charge on any atom is 0.290 e. The van der Waals surface area contributed by atoms with Gasteiger partial charge in [-0.15, -0.1) is 5.10 Å². The lowest BCUT2D eigenvalue weighted by Crippen LogP contribution is -2.29. The normalized spacial score (nSPS) is 16.8. The summed E-state index contributed by atoms with van der Waals surface area (Å²) in [5, 5.41) is 18.2. The third-order valence-corrected chi connectivity index (χ3v) is 2.90. The van der Waals surface area contributed by atoms with Crippen molar-refractivity contribution in [1.82, 2.24) is 20.5 Å². The molecule has 0 bridgehead atoms. The number of nitrogens with one attached hydrogen (secondary N) is 2. The van der Waals surface area contributed by atoms with E-state index < -0.39 is 0 Å². The number of amides is 1. The highest BCUT2D eigenvalue weighted by molar-refractivity contribution is 5.90. The molecule has 17 heavy (non-hydrogen) atoms. The molecule has 1 amide bonds. The van der Waals surface area contributed by atoms with Gasteiger partial charge in [0.05, 0.1) is 0 Å². The van der Waals surface area contributed by atoms with E-state index in [1.54, 1.807) is 0 Å². The lowest BCUT2D eigenvalue weighted by molar-refractivity contribution is 0.0935. The third-order valence-electron chi connectivity index (χ3n) is 2.90. The van der Waals surface area contributed by atoms with Crippen molar-refractivity contribution in [2.24, 2.45) is 5.92 Å². The number of aliphatic hydroxyl groups excluding tert-OH is 1. The van der Waals surface area contributed by atoms with Crippen molar-refractivity contribution in [2.45, 2.75) is 32.1 Å². The average Bonchev–Trinajstić information content (AvgIpc) is 3.05. The lowest BCUT2D eigenvalue weighted by atomic mass is 10.1. The molecule has 2 rings (SSSR count). The molecule has 94 valence electrons. The van der Waals surface area contributed by atoms with Gasteiger partial charge < -0.3 is 10.4 Å². The zero-order valence-electron chi connectivity index (χ0n) is 9.94. The Morgan fingerprint density at radius 2 is 2.41 bits per heavy atom. The van der Waals surface area contributed by atoms with Crippen LogP contribution in [0, 0.1) is 5.92 Å². The molecule has 1 aliphatic carbocycles. The number of aromatic amines is 1. The highest BCUT2D eigenvalue weighted by Crippen LogP contribution is 2.37. The summed E-state index contributed by atoms with van der Waals surface area (Å²) in [5.74, 6) is 1.50. The molecule has 0 spiro atoms. The minimum absolute atomic E-state index is 0.142. The van der Waals surface area contributed by atoms with Crippen LogP contribution in [0.3, 0.4) is 0 Å². The number of aromatic nitrogens is 3. The van der Waals surface area contributed by atoms with Crippen LogP contribution in [-0.4, -0.2) is 39.3 Å². The fraction of sp³-hybridized carbons (Fsp3) is 0.727. The number of nitrogens with zero attached hydrogens (tertiary/aromatic N) is 2. The summed E-state index contributed by atoms with van der Waals surface area (Å²) in [6.45, 7) is 2.65. The maximum absolute atomic E-state index is 11.7. The Bertz CT molecular complexity index is 387. The minimum atomic E-state index is -0.252. The number of hydrogen-bond donors (Lipinski definition) is 3. The van der Waals surface area contributed by atoms with E-state index in [0.29, 0.717) is 18.9 Å². The van der Waals surface area contributed by atoms with Crippen LogP contribution < -0.4 is 5.32 Å². The Balaban J connectivity index is 1.81. The van der Waals surface area contributed by atoms with Crippen LogP contribution in [-0.2, 0) is 0 Å². The summed E-state index contributed by atoms with van der Waals surface area (Å²) >= 11 is 0. The van der Waals surface area contributed by atoms with Crippen LogP contribution in [0.4, 0.5) is 0 Å². The second-order valence-electron chi connectivity index (χ2n) is 4.65. The van der Waals surface area contributed by atoms with Gasteiger partial charge in [0.2, 0.25) is 5.82 Å². The molecule has 0 aromatic carbocycles. The minimum Gasteiger partial charge on any atom is -0.396 e. The molecule has 0 saturated heterocycles. The Labute approximate surface area is 99.8 Å². The van der Waals surface area contributed by atoms with Crippen molar-refractivity contribution in [2.75, 3.05) is 13.2 Å². The summed E-state index contributed by atoms with van der Waals surface area (Å²) in [5.41, 5.74) is 0. The first-order valence-electron chi connectivity index (χ1n) is 6.02. The van der Waals surface area contributed by atoms with Crippen LogP contribution in [0.1, 0.15) is 48.5 Å². The van der Waals surface area contributed by atoms with E-state index >= 15 is 0 Å². The van der Waals surface area contributed by atoms with Crippen molar-refractivity contribution in [3.8, 4) is 0 Å². The molecule has 1 heterocycles. The number of hydrogen-bond acceptors (Lipinski definition) is 4. The third kappa shape index (κ3) is 3.26. The molecular formula is C11H18N4O2. The first-order valence-corrected chi connectivity index (χ1v) is 6.02. The zero-order chi connectivity index (χ0) is 12.3. The van der Waals surface area contributed by atoms with Gasteiger partial charge in [0, 0.05) is 19.1 Å². The van der Waals surface area contributed by atoms with Gasteiger partial charge in [-0.2, -0.15) is 0 Å². The van der Waals surface area contributed by atoms with E-state index in [1.165, 1.54) is 0 Å². The van der Waals surface area contributed by atoms with Gasteiger partial charge in [-0.3, -0.25) is 9.89 Å². The van der Waals surface area contributed by atoms with E-state index in [9.17, 15) is 4.79 Å². The second-order valence-corrected chi connectivity index (χ2v) is 4.65. The van der Waals surface area contributed by atoms with Crippen molar-refractivity contribution < 1.29 is 9.90 Å². The van der Waals surface area contributed by atoms with E-state index in [0.717, 1.165) is 18.7 Å². The standard InChI is InChI=1S/C11H18N4O2/c1-7(4-5-16)6-12-11(17)10-13-9(14-15-10)8-2-3-8/h7-8,16H,2-6H2,1H3,(H,12,17)(H,13,14,15). The molecule has 0 radical (unpaired) electrons. The fourth-order valence-corrected chi connectivity index (χ4v) is 1.58. The molecule has 1 saturated carbocycles. The molecule has 0 aliphatic heterocycles. The molecule has 1 aromatic rings. The maximum atomic E-state index is 11.7. The molecule has 1 aromatic heterocycles. The van der Waals surface area contributed by atoms with Crippen LogP contribution in [0.5, 0.6) is 0 Å². The van der Waals surface area contributed by atoms with Gasteiger partial charge in [-0.1, -0.05) is 6.92 Å². The average molecular weight is 238 g/mol. The first-order chi connectivity index (χ1) is 8.20. The second kappa shape index (κ2) is 5.27. The summed E-state index contributed by atoms with van der Waals surface area (Å²) < 4.78 is 0. The molecule has 1 aliphatic rings. The van der Waals surface area contributed by atoms with Gasteiger partial charge in [0.25, 0.3) is 5.91 Å². The molecule has 6 nitrogen and oxygen atoms in total. The van der Waals surface area contributed by atoms with Crippen LogP contribution in [0.2, 0.25) is 0 Å². The SMILES string of the molecule is CC(CCO)CNC(=O)c1n[nH]c(C2CC2)n1. The molecule has 1 fully saturated rings. The van der Waals surface area contributed by atoms with Gasteiger partial charge >= 0.3 is 0 Å². The number of aliphatic hydroxyl groups is 1. The van der Waals surface area contributed by atoms with Crippen LogP contribution in [0.15, 0.2) is 0 Å². The van der Waals surface area contributed by atoms with E-state index in [1.807, 2.05) is 6.92 Å². The number of carbonyl (C=O) groups excluding carboxylic acids is 1. The van der Waals surface area contributed by atoms with Crippen LogP contribution in [0.25, 0.3) is 0 Å². The van der Waals surface area contributed by atoms with Crippen molar-refractivity contribution in [1.29, 1.82) is 0 Å². The number of rotatable bonds is 6. The monoisotopic (exact) mass is 238 g/mol. The Morgan fingerprint density at radius 3 is 3.06 bits per heavy atom. The van der Waals surface area contributed by atoms with Gasteiger partial charge in [0.1, 0.15) is 5.82 Å². The van der Waals surface area contributed by atoms with Crippen molar-refractivity contribution in [3.63, 3.8) is 0 Å². The Kier molecular flexibility index (Phi) is 3.73. The highest BCUT2D eigenvalue weighted by atomic mass is 16.3. The smallest absolute Gasteiger partial charge is 0.290 e. The topological polar surface area (TPSA) is 90.9 Å². The molecule has 1 unspecified atom stereocenters. The number of carbonyl (C=O) groups is 1.